The van der Waals surface area contributed by atoms with Crippen molar-refractivity contribution in [1.29, 1.82) is 5.26 Å². The summed E-state index contributed by atoms with van der Waals surface area (Å²) in [6, 6.07) is 11.4. The molecule has 0 spiro atoms. The Balaban J connectivity index is 2.63. The summed E-state index contributed by atoms with van der Waals surface area (Å²) in [6.07, 6.45) is 0. The zero-order valence-electron chi connectivity index (χ0n) is 9.23. The molecule has 3 heteroatoms. The first-order chi connectivity index (χ1) is 7.70. The van der Waals surface area contributed by atoms with Gasteiger partial charge in [0.2, 0.25) is 0 Å². The minimum Gasteiger partial charge on any atom is -0.233 e. The molecule has 2 aromatic rings. The number of hydrogen-bond donors (Lipinski definition) is 0. The summed E-state index contributed by atoms with van der Waals surface area (Å²) in [5.74, 6) is 0.620. The SMILES string of the molecule is Cc1cc(C)nc(-c2ccccc2C#N)n1. The molecule has 0 fully saturated rings. The van der Waals surface area contributed by atoms with E-state index in [1.165, 1.54) is 0 Å². The molecule has 1 heterocycles. The molecular weight excluding hydrogens is 198 g/mol. The Hall–Kier alpha value is -2.21. The second-order valence-corrected chi connectivity index (χ2v) is 3.63. The van der Waals surface area contributed by atoms with E-state index in [0.717, 1.165) is 17.0 Å². The van der Waals surface area contributed by atoms with E-state index < -0.39 is 0 Å². The van der Waals surface area contributed by atoms with Gasteiger partial charge in [0.05, 0.1) is 11.6 Å². The van der Waals surface area contributed by atoms with Gasteiger partial charge in [-0.1, -0.05) is 12.1 Å². The molecule has 0 aliphatic heterocycles. The molecule has 0 bridgehead atoms. The van der Waals surface area contributed by atoms with E-state index in [4.69, 9.17) is 5.26 Å². The van der Waals surface area contributed by atoms with Crippen LogP contribution in [0, 0.1) is 25.2 Å². The van der Waals surface area contributed by atoms with Crippen LogP contribution in [0.4, 0.5) is 0 Å². The molecule has 0 saturated carbocycles. The van der Waals surface area contributed by atoms with Gasteiger partial charge < -0.3 is 0 Å². The smallest absolute Gasteiger partial charge is 0.160 e. The van der Waals surface area contributed by atoms with Crippen LogP contribution >= 0.6 is 0 Å². The van der Waals surface area contributed by atoms with Crippen LogP contribution in [0.5, 0.6) is 0 Å². The highest BCUT2D eigenvalue weighted by Crippen LogP contribution is 2.19. The van der Waals surface area contributed by atoms with Gasteiger partial charge in [0.1, 0.15) is 0 Å². The summed E-state index contributed by atoms with van der Waals surface area (Å²) in [4.78, 5) is 8.70. The number of aromatic nitrogens is 2. The zero-order chi connectivity index (χ0) is 11.5. The van der Waals surface area contributed by atoms with Crippen molar-refractivity contribution in [3.05, 3.63) is 47.3 Å². The van der Waals surface area contributed by atoms with Crippen molar-refractivity contribution in [1.82, 2.24) is 9.97 Å². The maximum atomic E-state index is 9.01. The average molecular weight is 209 g/mol. The fraction of sp³-hybridized carbons (Fsp3) is 0.154. The summed E-state index contributed by atoms with van der Waals surface area (Å²) in [5.41, 5.74) is 3.22. The number of nitriles is 1. The van der Waals surface area contributed by atoms with Gasteiger partial charge in [-0.25, -0.2) is 9.97 Å². The number of aryl methyl sites for hydroxylation is 2. The third-order valence-electron chi connectivity index (χ3n) is 2.27. The van der Waals surface area contributed by atoms with Crippen molar-refractivity contribution in [2.45, 2.75) is 13.8 Å². The van der Waals surface area contributed by atoms with Crippen LogP contribution < -0.4 is 0 Å². The molecule has 1 aromatic heterocycles. The van der Waals surface area contributed by atoms with Gasteiger partial charge >= 0.3 is 0 Å². The van der Waals surface area contributed by atoms with E-state index in [1.54, 1.807) is 6.07 Å². The second kappa shape index (κ2) is 4.11. The number of hydrogen-bond acceptors (Lipinski definition) is 3. The average Bonchev–Trinajstić information content (AvgIpc) is 2.27. The lowest BCUT2D eigenvalue weighted by Crippen LogP contribution is -1.96. The molecule has 1 aromatic carbocycles. The van der Waals surface area contributed by atoms with Gasteiger partial charge in [0, 0.05) is 17.0 Å². The van der Waals surface area contributed by atoms with Crippen LogP contribution in [0.2, 0.25) is 0 Å². The molecule has 0 unspecified atom stereocenters. The fourth-order valence-electron chi connectivity index (χ4n) is 1.62. The summed E-state index contributed by atoms with van der Waals surface area (Å²) in [5, 5.41) is 9.01. The molecule has 0 aliphatic carbocycles. The van der Waals surface area contributed by atoms with Gasteiger partial charge in [-0.2, -0.15) is 5.26 Å². The Kier molecular flexibility index (Phi) is 2.65. The van der Waals surface area contributed by atoms with E-state index in [2.05, 4.69) is 16.0 Å². The Bertz CT molecular complexity index is 547. The van der Waals surface area contributed by atoms with Crippen LogP contribution in [0.25, 0.3) is 11.4 Å². The molecule has 3 nitrogen and oxygen atoms in total. The van der Waals surface area contributed by atoms with Crippen molar-refractivity contribution in [2.24, 2.45) is 0 Å². The first kappa shape index (κ1) is 10.3. The van der Waals surface area contributed by atoms with Gasteiger partial charge in [-0.15, -0.1) is 0 Å². The quantitative estimate of drug-likeness (QED) is 0.725. The Morgan fingerprint density at radius 1 is 1.06 bits per heavy atom. The van der Waals surface area contributed by atoms with Crippen LogP contribution in [0.15, 0.2) is 30.3 Å². The fourth-order valence-corrected chi connectivity index (χ4v) is 1.62. The molecule has 16 heavy (non-hydrogen) atoms. The number of benzene rings is 1. The standard InChI is InChI=1S/C13H11N3/c1-9-7-10(2)16-13(15-9)12-6-4-3-5-11(12)8-14/h3-7H,1-2H3. The molecule has 2 rings (SSSR count). The molecule has 0 radical (unpaired) electrons. The van der Waals surface area contributed by atoms with E-state index in [0.29, 0.717) is 11.4 Å². The predicted octanol–water partition coefficient (Wildman–Crippen LogP) is 2.63. The summed E-state index contributed by atoms with van der Waals surface area (Å²) in [7, 11) is 0. The monoisotopic (exact) mass is 209 g/mol. The summed E-state index contributed by atoms with van der Waals surface area (Å²) < 4.78 is 0. The van der Waals surface area contributed by atoms with Crippen molar-refractivity contribution < 1.29 is 0 Å². The van der Waals surface area contributed by atoms with Crippen molar-refractivity contribution in [3.8, 4) is 17.5 Å². The van der Waals surface area contributed by atoms with E-state index >= 15 is 0 Å². The van der Waals surface area contributed by atoms with Gasteiger partial charge in [0.25, 0.3) is 0 Å². The van der Waals surface area contributed by atoms with Crippen molar-refractivity contribution >= 4 is 0 Å². The molecule has 0 saturated heterocycles. The highest BCUT2D eigenvalue weighted by molar-refractivity contribution is 5.64. The van der Waals surface area contributed by atoms with Crippen LogP contribution in [-0.2, 0) is 0 Å². The summed E-state index contributed by atoms with van der Waals surface area (Å²) >= 11 is 0. The van der Waals surface area contributed by atoms with Crippen molar-refractivity contribution in [2.75, 3.05) is 0 Å². The van der Waals surface area contributed by atoms with Gasteiger partial charge in [-0.05, 0) is 32.0 Å². The Morgan fingerprint density at radius 3 is 2.31 bits per heavy atom. The topological polar surface area (TPSA) is 49.6 Å². The van der Waals surface area contributed by atoms with Gasteiger partial charge in [-0.3, -0.25) is 0 Å². The summed E-state index contributed by atoms with van der Waals surface area (Å²) in [6.45, 7) is 3.85. The zero-order valence-corrected chi connectivity index (χ0v) is 9.23. The lowest BCUT2D eigenvalue weighted by molar-refractivity contribution is 1.06. The molecular formula is C13H11N3. The first-order valence-electron chi connectivity index (χ1n) is 5.02. The molecule has 0 amide bonds. The maximum Gasteiger partial charge on any atom is 0.160 e. The Morgan fingerprint density at radius 2 is 1.69 bits per heavy atom. The normalized spacial score (nSPS) is 9.81. The third-order valence-corrected chi connectivity index (χ3v) is 2.27. The third kappa shape index (κ3) is 1.91. The molecule has 0 atom stereocenters. The minimum atomic E-state index is 0.604. The molecule has 0 N–H and O–H groups in total. The van der Waals surface area contributed by atoms with Crippen LogP contribution in [0.1, 0.15) is 17.0 Å². The molecule has 0 aliphatic rings. The molecule has 78 valence electrons. The predicted molar refractivity (Wildman–Crippen MR) is 61.7 cm³/mol. The lowest BCUT2D eigenvalue weighted by atomic mass is 10.1. The maximum absolute atomic E-state index is 9.01. The van der Waals surface area contributed by atoms with E-state index in [9.17, 15) is 0 Å². The first-order valence-corrected chi connectivity index (χ1v) is 5.02. The minimum absolute atomic E-state index is 0.604. The van der Waals surface area contributed by atoms with E-state index in [1.807, 2.05) is 38.1 Å². The number of rotatable bonds is 1. The second-order valence-electron chi connectivity index (χ2n) is 3.63. The van der Waals surface area contributed by atoms with Crippen LogP contribution in [0.3, 0.4) is 0 Å². The van der Waals surface area contributed by atoms with E-state index in [-0.39, 0.29) is 0 Å². The Labute approximate surface area is 94.4 Å². The van der Waals surface area contributed by atoms with Gasteiger partial charge in [0.15, 0.2) is 5.82 Å². The highest BCUT2D eigenvalue weighted by Gasteiger charge is 2.07. The highest BCUT2D eigenvalue weighted by atomic mass is 14.9. The number of nitrogens with zero attached hydrogens (tertiary/aromatic N) is 3. The van der Waals surface area contributed by atoms with Crippen LogP contribution in [-0.4, -0.2) is 9.97 Å². The largest absolute Gasteiger partial charge is 0.233 e. The van der Waals surface area contributed by atoms with Crippen molar-refractivity contribution in [3.63, 3.8) is 0 Å². The lowest BCUT2D eigenvalue weighted by Gasteiger charge is -2.04.